The molecule has 0 aromatic carbocycles. The summed E-state index contributed by atoms with van der Waals surface area (Å²) < 4.78 is 40.3. The molecule has 25 heavy (non-hydrogen) atoms. The number of alkyl halides is 3. The molecular formula is C17H28F3N5. The summed E-state index contributed by atoms with van der Waals surface area (Å²) in [4.78, 5) is 6.21. The van der Waals surface area contributed by atoms with Gasteiger partial charge in [-0.05, 0) is 24.7 Å². The van der Waals surface area contributed by atoms with E-state index in [1.807, 2.05) is 11.9 Å². The van der Waals surface area contributed by atoms with E-state index in [0.717, 1.165) is 12.5 Å². The summed E-state index contributed by atoms with van der Waals surface area (Å²) in [6.45, 7) is 3.19. The van der Waals surface area contributed by atoms with Crippen LogP contribution in [0.15, 0.2) is 11.2 Å². The minimum Gasteiger partial charge on any atom is -0.352 e. The molecule has 1 aromatic heterocycles. The first-order valence-electron chi connectivity index (χ1n) is 8.72. The van der Waals surface area contributed by atoms with Gasteiger partial charge in [-0.2, -0.15) is 18.3 Å². The average molecular weight is 359 g/mol. The van der Waals surface area contributed by atoms with Crippen molar-refractivity contribution in [3.8, 4) is 0 Å². The van der Waals surface area contributed by atoms with Crippen molar-refractivity contribution in [3.05, 3.63) is 17.5 Å². The van der Waals surface area contributed by atoms with Crippen molar-refractivity contribution in [1.29, 1.82) is 0 Å². The van der Waals surface area contributed by atoms with Gasteiger partial charge in [-0.15, -0.1) is 0 Å². The van der Waals surface area contributed by atoms with Crippen LogP contribution in [-0.4, -0.2) is 41.3 Å². The van der Waals surface area contributed by atoms with Gasteiger partial charge < -0.3 is 10.2 Å². The Labute approximate surface area is 147 Å². The highest BCUT2D eigenvalue weighted by atomic mass is 19.4. The second kappa shape index (κ2) is 8.10. The highest BCUT2D eigenvalue weighted by Gasteiger charge is 2.36. The molecule has 0 radical (unpaired) electrons. The zero-order chi connectivity index (χ0) is 18.6. The number of hydrogen-bond donors (Lipinski definition) is 1. The number of aromatic nitrogens is 2. The highest BCUT2D eigenvalue weighted by Crippen LogP contribution is 2.31. The normalized spacial score (nSPS) is 22.1. The Morgan fingerprint density at radius 3 is 2.56 bits per heavy atom. The molecule has 1 heterocycles. The van der Waals surface area contributed by atoms with E-state index < -0.39 is 11.9 Å². The van der Waals surface area contributed by atoms with Crippen LogP contribution in [0.25, 0.3) is 0 Å². The number of aliphatic imine (C=N–C) groups is 1. The Morgan fingerprint density at radius 2 is 2.00 bits per heavy atom. The van der Waals surface area contributed by atoms with Crippen LogP contribution in [0.5, 0.6) is 0 Å². The first-order valence-corrected chi connectivity index (χ1v) is 8.72. The molecule has 142 valence electrons. The van der Waals surface area contributed by atoms with Gasteiger partial charge >= 0.3 is 6.18 Å². The Balaban J connectivity index is 1.94. The zero-order valence-corrected chi connectivity index (χ0v) is 15.4. The predicted octanol–water partition coefficient (Wildman–Crippen LogP) is 3.27. The molecule has 2 rings (SSSR count). The Morgan fingerprint density at radius 1 is 1.36 bits per heavy atom. The van der Waals surface area contributed by atoms with Crippen molar-refractivity contribution < 1.29 is 13.2 Å². The lowest BCUT2D eigenvalue weighted by atomic mass is 9.83. The van der Waals surface area contributed by atoms with Gasteiger partial charge in [-0.25, -0.2) is 0 Å². The largest absolute Gasteiger partial charge is 0.435 e. The Hall–Kier alpha value is -1.73. The first kappa shape index (κ1) is 19.6. The maximum Gasteiger partial charge on any atom is 0.435 e. The standard InChI is InChI=1S/C17H28F3N5/c1-12-5-7-13(8-6-12)10-24(3)16(21-2)22-9-14-11-25(4)23-15(14)17(18,19)20/h11-13H,5-10H2,1-4H3,(H,21,22). The molecule has 5 nitrogen and oxygen atoms in total. The van der Waals surface area contributed by atoms with E-state index in [4.69, 9.17) is 0 Å². The molecule has 8 heteroatoms. The molecule has 1 fully saturated rings. The van der Waals surface area contributed by atoms with Crippen LogP contribution in [0.1, 0.15) is 43.9 Å². The van der Waals surface area contributed by atoms with E-state index in [0.29, 0.717) is 11.9 Å². The summed E-state index contributed by atoms with van der Waals surface area (Å²) in [7, 11) is 5.07. The van der Waals surface area contributed by atoms with Crippen LogP contribution in [0.2, 0.25) is 0 Å². The quantitative estimate of drug-likeness (QED) is 0.663. The van der Waals surface area contributed by atoms with Gasteiger partial charge in [0.25, 0.3) is 0 Å². The molecule has 0 atom stereocenters. The summed E-state index contributed by atoms with van der Waals surface area (Å²) >= 11 is 0. The summed E-state index contributed by atoms with van der Waals surface area (Å²) in [6, 6.07) is 0. The molecular weight excluding hydrogens is 331 g/mol. The van der Waals surface area contributed by atoms with Crippen LogP contribution in [-0.2, 0) is 19.8 Å². The molecule has 0 unspecified atom stereocenters. The van der Waals surface area contributed by atoms with Gasteiger partial charge in [0.05, 0.1) is 0 Å². The molecule has 1 aromatic rings. The number of aryl methyl sites for hydroxylation is 1. The fourth-order valence-corrected chi connectivity index (χ4v) is 3.45. The van der Waals surface area contributed by atoms with Gasteiger partial charge in [0.15, 0.2) is 11.7 Å². The van der Waals surface area contributed by atoms with Gasteiger partial charge in [-0.1, -0.05) is 19.8 Å². The maximum atomic E-state index is 13.0. The van der Waals surface area contributed by atoms with Crippen LogP contribution in [0.3, 0.4) is 0 Å². The summed E-state index contributed by atoms with van der Waals surface area (Å²) in [5.41, 5.74) is -0.724. The van der Waals surface area contributed by atoms with Crippen molar-refractivity contribution in [2.24, 2.45) is 23.9 Å². The second-order valence-electron chi connectivity index (χ2n) is 7.08. The minimum absolute atomic E-state index is 0.0431. The Kier molecular flexibility index (Phi) is 6.35. The molecule has 1 aliphatic rings. The van der Waals surface area contributed by atoms with Crippen LogP contribution in [0.4, 0.5) is 13.2 Å². The van der Waals surface area contributed by atoms with Crippen LogP contribution >= 0.6 is 0 Å². The van der Waals surface area contributed by atoms with Gasteiger partial charge in [0.2, 0.25) is 0 Å². The molecule has 0 spiro atoms. The summed E-state index contributed by atoms with van der Waals surface area (Å²) in [5.74, 6) is 2.02. The monoisotopic (exact) mass is 359 g/mol. The average Bonchev–Trinajstić information content (AvgIpc) is 2.91. The topological polar surface area (TPSA) is 45.5 Å². The third kappa shape index (κ3) is 5.37. The third-order valence-corrected chi connectivity index (χ3v) is 4.85. The number of nitrogens with zero attached hydrogens (tertiary/aromatic N) is 4. The van der Waals surface area contributed by atoms with E-state index in [1.54, 1.807) is 7.05 Å². The van der Waals surface area contributed by atoms with Gasteiger partial charge in [0, 0.05) is 46.0 Å². The summed E-state index contributed by atoms with van der Waals surface area (Å²) in [6.07, 6.45) is 1.83. The van der Waals surface area contributed by atoms with Gasteiger partial charge in [0.1, 0.15) is 0 Å². The lowest BCUT2D eigenvalue weighted by Gasteiger charge is -2.31. The zero-order valence-electron chi connectivity index (χ0n) is 15.4. The van der Waals surface area contributed by atoms with Crippen molar-refractivity contribution in [1.82, 2.24) is 20.0 Å². The fraction of sp³-hybridized carbons (Fsp3) is 0.765. The van der Waals surface area contributed by atoms with E-state index in [1.165, 1.54) is 43.6 Å². The summed E-state index contributed by atoms with van der Waals surface area (Å²) in [5, 5.41) is 6.56. The third-order valence-electron chi connectivity index (χ3n) is 4.85. The molecule has 0 amide bonds. The number of guanidine groups is 1. The predicted molar refractivity (Wildman–Crippen MR) is 92.2 cm³/mol. The SMILES string of the molecule is CN=C(NCc1cn(C)nc1C(F)(F)F)N(C)CC1CCC(C)CC1. The molecule has 1 saturated carbocycles. The van der Waals surface area contributed by atoms with Crippen molar-refractivity contribution in [2.75, 3.05) is 20.6 Å². The number of rotatable bonds is 4. The Bertz CT molecular complexity index is 586. The number of hydrogen-bond acceptors (Lipinski definition) is 2. The highest BCUT2D eigenvalue weighted by molar-refractivity contribution is 5.79. The minimum atomic E-state index is -4.45. The van der Waals surface area contributed by atoms with E-state index >= 15 is 0 Å². The van der Waals surface area contributed by atoms with Crippen LogP contribution in [0, 0.1) is 11.8 Å². The first-order chi connectivity index (χ1) is 11.7. The lowest BCUT2D eigenvalue weighted by molar-refractivity contribution is -0.142. The van der Waals surface area contributed by atoms with Crippen molar-refractivity contribution >= 4 is 5.96 Å². The molecule has 1 N–H and O–H groups in total. The second-order valence-corrected chi connectivity index (χ2v) is 7.08. The van der Waals surface area contributed by atoms with E-state index in [-0.39, 0.29) is 12.1 Å². The smallest absolute Gasteiger partial charge is 0.352 e. The molecule has 0 saturated heterocycles. The van der Waals surface area contributed by atoms with Crippen molar-refractivity contribution in [3.63, 3.8) is 0 Å². The lowest BCUT2D eigenvalue weighted by Crippen LogP contribution is -2.41. The van der Waals surface area contributed by atoms with E-state index in [2.05, 4.69) is 22.3 Å². The fourth-order valence-electron chi connectivity index (χ4n) is 3.45. The number of nitrogens with one attached hydrogen (secondary N) is 1. The molecule has 0 aliphatic heterocycles. The number of halogens is 3. The van der Waals surface area contributed by atoms with Crippen molar-refractivity contribution in [2.45, 2.75) is 45.3 Å². The molecule has 1 aliphatic carbocycles. The van der Waals surface area contributed by atoms with E-state index in [9.17, 15) is 13.2 Å². The van der Waals surface area contributed by atoms with Gasteiger partial charge in [-0.3, -0.25) is 9.67 Å². The molecule has 0 bridgehead atoms. The van der Waals surface area contributed by atoms with Crippen LogP contribution < -0.4 is 5.32 Å². The maximum absolute atomic E-state index is 13.0.